The maximum atomic E-state index is 12.7. The number of amides is 2. The Balaban J connectivity index is 1.49. The number of fused-ring (bicyclic) bond motifs is 1. The smallest absolute Gasteiger partial charge is 0.414 e. The number of cyclic esters (lactones) is 1. The SMILES string of the molecule is CCN(CC)C(=O)c1ccc(N2CCC(N3C(=O)OCc4ccccc43)CC2)c(NO)c1. The normalized spacial score (nSPS) is 16.4. The van der Waals surface area contributed by atoms with Crippen LogP contribution in [0.3, 0.4) is 0 Å². The van der Waals surface area contributed by atoms with Gasteiger partial charge < -0.3 is 14.5 Å². The van der Waals surface area contributed by atoms with Crippen molar-refractivity contribution >= 4 is 29.1 Å². The number of anilines is 3. The first kappa shape index (κ1) is 22.0. The molecule has 170 valence electrons. The van der Waals surface area contributed by atoms with Crippen LogP contribution in [-0.4, -0.2) is 54.3 Å². The first-order valence-electron chi connectivity index (χ1n) is 11.2. The van der Waals surface area contributed by atoms with E-state index in [-0.39, 0.29) is 18.0 Å². The van der Waals surface area contributed by atoms with Gasteiger partial charge in [0.1, 0.15) is 6.61 Å². The standard InChI is InChI=1S/C24H30N4O4/c1-3-26(4-2)23(29)17-9-10-22(20(15-17)25-31)27-13-11-19(12-14-27)28-21-8-6-5-7-18(21)16-32-24(28)30/h5-10,15,19,25,31H,3-4,11-14,16H2,1-2H3. The molecule has 2 N–H and O–H groups in total. The Morgan fingerprint density at radius 2 is 1.84 bits per heavy atom. The third-order valence-electron chi connectivity index (χ3n) is 6.38. The summed E-state index contributed by atoms with van der Waals surface area (Å²) in [7, 11) is 0. The van der Waals surface area contributed by atoms with Gasteiger partial charge in [0, 0.05) is 43.3 Å². The second-order valence-corrected chi connectivity index (χ2v) is 8.09. The molecule has 0 aliphatic carbocycles. The number of hydrogen-bond donors (Lipinski definition) is 2. The van der Waals surface area contributed by atoms with Gasteiger partial charge >= 0.3 is 6.09 Å². The fraction of sp³-hybridized carbons (Fsp3) is 0.417. The number of benzene rings is 2. The highest BCUT2D eigenvalue weighted by molar-refractivity contribution is 5.96. The number of hydrogen-bond acceptors (Lipinski definition) is 6. The number of carbonyl (C=O) groups excluding carboxylic acids is 2. The molecule has 2 amide bonds. The van der Waals surface area contributed by atoms with Gasteiger partial charge in [0.05, 0.1) is 17.1 Å². The van der Waals surface area contributed by atoms with E-state index in [1.165, 1.54) is 0 Å². The molecule has 2 aromatic rings. The van der Waals surface area contributed by atoms with Gasteiger partial charge in [-0.15, -0.1) is 0 Å². The van der Waals surface area contributed by atoms with Crippen LogP contribution in [0.4, 0.5) is 21.9 Å². The van der Waals surface area contributed by atoms with Crippen molar-refractivity contribution in [3.63, 3.8) is 0 Å². The molecule has 2 aromatic carbocycles. The molecule has 8 nitrogen and oxygen atoms in total. The summed E-state index contributed by atoms with van der Waals surface area (Å²) in [6.07, 6.45) is 1.25. The number of para-hydroxylation sites is 1. The minimum absolute atomic E-state index is 0.0502. The van der Waals surface area contributed by atoms with Gasteiger partial charge in [-0.25, -0.2) is 4.79 Å². The first-order chi connectivity index (χ1) is 15.6. The number of piperidine rings is 1. The van der Waals surface area contributed by atoms with E-state index in [2.05, 4.69) is 10.4 Å². The highest BCUT2D eigenvalue weighted by Crippen LogP contribution is 2.34. The molecule has 2 aliphatic rings. The fourth-order valence-electron chi connectivity index (χ4n) is 4.61. The minimum Gasteiger partial charge on any atom is -0.444 e. The summed E-state index contributed by atoms with van der Waals surface area (Å²) in [6.45, 7) is 6.91. The zero-order chi connectivity index (χ0) is 22.7. The van der Waals surface area contributed by atoms with E-state index < -0.39 is 0 Å². The van der Waals surface area contributed by atoms with Crippen molar-refractivity contribution in [1.82, 2.24) is 4.90 Å². The van der Waals surface area contributed by atoms with Crippen molar-refractivity contribution in [2.45, 2.75) is 39.3 Å². The van der Waals surface area contributed by atoms with Gasteiger partial charge in [0.2, 0.25) is 0 Å². The molecule has 32 heavy (non-hydrogen) atoms. The highest BCUT2D eigenvalue weighted by Gasteiger charge is 2.34. The van der Waals surface area contributed by atoms with Gasteiger partial charge in [-0.3, -0.25) is 20.4 Å². The first-order valence-corrected chi connectivity index (χ1v) is 11.2. The van der Waals surface area contributed by atoms with E-state index in [0.29, 0.717) is 44.0 Å². The number of carbonyl (C=O) groups is 2. The lowest BCUT2D eigenvalue weighted by molar-refractivity contribution is 0.0773. The molecule has 0 radical (unpaired) electrons. The topological polar surface area (TPSA) is 85.4 Å². The van der Waals surface area contributed by atoms with Crippen LogP contribution in [0, 0.1) is 0 Å². The molecule has 2 heterocycles. The number of nitrogens with zero attached hydrogens (tertiary/aromatic N) is 3. The lowest BCUT2D eigenvalue weighted by Crippen LogP contribution is -2.49. The lowest BCUT2D eigenvalue weighted by atomic mass is 9.99. The van der Waals surface area contributed by atoms with Crippen molar-refractivity contribution in [1.29, 1.82) is 0 Å². The van der Waals surface area contributed by atoms with E-state index in [0.717, 1.165) is 29.8 Å². The molecule has 4 rings (SSSR count). The molecule has 0 unspecified atom stereocenters. The van der Waals surface area contributed by atoms with E-state index in [1.807, 2.05) is 44.2 Å². The van der Waals surface area contributed by atoms with Crippen LogP contribution in [0.5, 0.6) is 0 Å². The molecular formula is C24H30N4O4. The Morgan fingerprint density at radius 3 is 2.53 bits per heavy atom. The van der Waals surface area contributed by atoms with Crippen molar-refractivity contribution in [3.05, 3.63) is 53.6 Å². The second kappa shape index (κ2) is 9.48. The highest BCUT2D eigenvalue weighted by atomic mass is 16.6. The van der Waals surface area contributed by atoms with Crippen molar-refractivity contribution in [2.75, 3.05) is 41.5 Å². The fourth-order valence-corrected chi connectivity index (χ4v) is 4.61. The summed E-state index contributed by atoms with van der Waals surface area (Å²) < 4.78 is 5.39. The van der Waals surface area contributed by atoms with Crippen molar-refractivity contribution < 1.29 is 19.5 Å². The number of nitrogens with one attached hydrogen (secondary N) is 1. The van der Waals surface area contributed by atoms with Crippen LogP contribution >= 0.6 is 0 Å². The Bertz CT molecular complexity index is 984. The maximum Gasteiger partial charge on any atom is 0.414 e. The predicted molar refractivity (Wildman–Crippen MR) is 123 cm³/mol. The van der Waals surface area contributed by atoms with Gasteiger partial charge in [-0.05, 0) is 51.0 Å². The van der Waals surface area contributed by atoms with Crippen molar-refractivity contribution in [3.8, 4) is 0 Å². The zero-order valence-corrected chi connectivity index (χ0v) is 18.6. The largest absolute Gasteiger partial charge is 0.444 e. The molecule has 0 atom stereocenters. The third kappa shape index (κ3) is 4.10. The summed E-state index contributed by atoms with van der Waals surface area (Å²) >= 11 is 0. The van der Waals surface area contributed by atoms with Crippen LogP contribution in [0.25, 0.3) is 0 Å². The second-order valence-electron chi connectivity index (χ2n) is 8.09. The monoisotopic (exact) mass is 438 g/mol. The van der Waals surface area contributed by atoms with Crippen LogP contribution in [-0.2, 0) is 11.3 Å². The molecular weight excluding hydrogens is 408 g/mol. The van der Waals surface area contributed by atoms with Crippen LogP contribution < -0.4 is 15.3 Å². The summed E-state index contributed by atoms with van der Waals surface area (Å²) in [5.74, 6) is -0.0564. The van der Waals surface area contributed by atoms with Crippen LogP contribution in [0.2, 0.25) is 0 Å². The van der Waals surface area contributed by atoms with Crippen LogP contribution in [0.15, 0.2) is 42.5 Å². The maximum absolute atomic E-state index is 12.7. The minimum atomic E-state index is -0.292. The molecule has 1 fully saturated rings. The Morgan fingerprint density at radius 1 is 1.12 bits per heavy atom. The third-order valence-corrected chi connectivity index (χ3v) is 6.38. The molecule has 0 aromatic heterocycles. The molecule has 1 saturated heterocycles. The quantitative estimate of drug-likeness (QED) is 0.661. The molecule has 8 heteroatoms. The molecule has 0 saturated carbocycles. The van der Waals surface area contributed by atoms with Crippen molar-refractivity contribution in [2.24, 2.45) is 0 Å². The van der Waals surface area contributed by atoms with E-state index in [4.69, 9.17) is 4.74 Å². The molecule has 0 spiro atoms. The van der Waals surface area contributed by atoms with E-state index in [1.54, 1.807) is 21.9 Å². The Labute approximate surface area is 188 Å². The number of ether oxygens (including phenoxy) is 1. The van der Waals surface area contributed by atoms with Gasteiger partial charge in [0.15, 0.2) is 0 Å². The summed E-state index contributed by atoms with van der Waals surface area (Å²) in [4.78, 5) is 30.9. The van der Waals surface area contributed by atoms with Gasteiger partial charge in [-0.2, -0.15) is 0 Å². The summed E-state index contributed by atoms with van der Waals surface area (Å²) in [6, 6.07) is 13.3. The number of rotatable bonds is 6. The molecule has 0 bridgehead atoms. The average molecular weight is 439 g/mol. The van der Waals surface area contributed by atoms with Gasteiger partial charge in [-0.1, -0.05) is 18.2 Å². The lowest BCUT2D eigenvalue weighted by Gasteiger charge is -2.41. The predicted octanol–water partition coefficient (Wildman–Crippen LogP) is 4.10. The summed E-state index contributed by atoms with van der Waals surface area (Å²) in [5.41, 5.74) is 6.09. The van der Waals surface area contributed by atoms with Gasteiger partial charge in [0.25, 0.3) is 5.91 Å². The summed E-state index contributed by atoms with van der Waals surface area (Å²) in [5, 5.41) is 9.74. The van der Waals surface area contributed by atoms with Crippen LogP contribution in [0.1, 0.15) is 42.6 Å². The zero-order valence-electron chi connectivity index (χ0n) is 18.6. The Kier molecular flexibility index (Phi) is 6.50. The van der Waals surface area contributed by atoms with E-state index in [9.17, 15) is 14.8 Å². The average Bonchev–Trinajstić information content (AvgIpc) is 2.84. The Hall–Kier alpha value is -3.26. The molecule has 2 aliphatic heterocycles. The van der Waals surface area contributed by atoms with E-state index >= 15 is 0 Å².